The van der Waals surface area contributed by atoms with Gasteiger partial charge in [-0.15, -0.1) is 0 Å². The van der Waals surface area contributed by atoms with Crippen molar-refractivity contribution >= 4 is 11.6 Å². The standard InChI is InChI=1S/C21H22N4O3/c1-14-11-15-7-4-5-8-17(15)25(14)19(26)13-24-20(27)16(12-22)18-9-3-2-6-10-23(18)21(24)28/h4-5,7-8,14H,2-3,6,9-11,13H2,1H3. The van der Waals surface area contributed by atoms with Crippen molar-refractivity contribution in [1.82, 2.24) is 9.13 Å². The van der Waals surface area contributed by atoms with Gasteiger partial charge >= 0.3 is 5.69 Å². The monoisotopic (exact) mass is 378 g/mol. The molecule has 1 unspecified atom stereocenters. The summed E-state index contributed by atoms with van der Waals surface area (Å²) in [5.41, 5.74) is 1.25. The van der Waals surface area contributed by atoms with Gasteiger partial charge in [0, 0.05) is 24.0 Å². The Morgan fingerprint density at radius 1 is 1.21 bits per heavy atom. The van der Waals surface area contributed by atoms with E-state index >= 15 is 0 Å². The average molecular weight is 378 g/mol. The number of anilines is 1. The Bertz CT molecular complexity index is 1110. The van der Waals surface area contributed by atoms with E-state index in [2.05, 4.69) is 0 Å². The smallest absolute Gasteiger partial charge is 0.307 e. The Morgan fingerprint density at radius 3 is 2.79 bits per heavy atom. The molecule has 0 radical (unpaired) electrons. The minimum Gasteiger partial charge on any atom is -0.307 e. The third kappa shape index (κ3) is 2.85. The zero-order valence-corrected chi connectivity index (χ0v) is 15.9. The zero-order valence-electron chi connectivity index (χ0n) is 15.9. The van der Waals surface area contributed by atoms with Crippen LogP contribution in [0.2, 0.25) is 0 Å². The molecule has 3 heterocycles. The van der Waals surface area contributed by atoms with E-state index in [4.69, 9.17) is 0 Å². The van der Waals surface area contributed by atoms with Crippen molar-refractivity contribution in [1.29, 1.82) is 5.26 Å². The van der Waals surface area contributed by atoms with E-state index in [1.807, 2.05) is 37.3 Å². The summed E-state index contributed by atoms with van der Waals surface area (Å²) in [5, 5.41) is 9.53. The van der Waals surface area contributed by atoms with Crippen LogP contribution in [-0.2, 0) is 30.7 Å². The number of rotatable bonds is 2. The lowest BCUT2D eigenvalue weighted by molar-refractivity contribution is -0.119. The van der Waals surface area contributed by atoms with Crippen LogP contribution in [0.4, 0.5) is 5.69 Å². The molecule has 0 saturated carbocycles. The van der Waals surface area contributed by atoms with E-state index in [-0.39, 0.29) is 24.1 Å². The van der Waals surface area contributed by atoms with Gasteiger partial charge in [-0.2, -0.15) is 5.26 Å². The number of carbonyl (C=O) groups excluding carboxylic acids is 1. The van der Waals surface area contributed by atoms with Gasteiger partial charge in [0.05, 0.1) is 0 Å². The first-order chi connectivity index (χ1) is 13.5. The first kappa shape index (κ1) is 18.2. The Hall–Kier alpha value is -3.14. The van der Waals surface area contributed by atoms with Gasteiger partial charge in [0.25, 0.3) is 5.56 Å². The fourth-order valence-electron chi connectivity index (χ4n) is 4.38. The number of hydrogen-bond acceptors (Lipinski definition) is 4. The molecule has 4 rings (SSSR count). The molecule has 7 heteroatoms. The van der Waals surface area contributed by atoms with Crippen molar-refractivity contribution in [2.75, 3.05) is 4.90 Å². The molecule has 1 amide bonds. The zero-order chi connectivity index (χ0) is 19.8. The second-order valence-electron chi connectivity index (χ2n) is 7.52. The summed E-state index contributed by atoms with van der Waals surface area (Å²) < 4.78 is 2.45. The topological polar surface area (TPSA) is 88.1 Å². The van der Waals surface area contributed by atoms with Crippen LogP contribution in [0.25, 0.3) is 0 Å². The van der Waals surface area contributed by atoms with Crippen molar-refractivity contribution in [2.45, 2.75) is 58.2 Å². The highest BCUT2D eigenvalue weighted by molar-refractivity contribution is 5.96. The molecule has 28 heavy (non-hydrogen) atoms. The highest BCUT2D eigenvalue weighted by Gasteiger charge is 2.31. The lowest BCUT2D eigenvalue weighted by atomic mass is 10.1. The highest BCUT2D eigenvalue weighted by Crippen LogP contribution is 2.31. The molecule has 7 nitrogen and oxygen atoms in total. The second-order valence-corrected chi connectivity index (χ2v) is 7.52. The molecule has 0 aliphatic carbocycles. The number of hydrogen-bond donors (Lipinski definition) is 0. The van der Waals surface area contributed by atoms with Crippen LogP contribution in [0.5, 0.6) is 0 Å². The minimum absolute atomic E-state index is 0.0100. The van der Waals surface area contributed by atoms with Gasteiger partial charge in [0.1, 0.15) is 18.2 Å². The van der Waals surface area contributed by atoms with Gasteiger partial charge in [0.15, 0.2) is 0 Å². The summed E-state index contributed by atoms with van der Waals surface area (Å²) in [6, 6.07) is 9.59. The first-order valence-electron chi connectivity index (χ1n) is 9.69. The van der Waals surface area contributed by atoms with Gasteiger partial charge in [-0.3, -0.25) is 14.2 Å². The van der Waals surface area contributed by atoms with Crippen molar-refractivity contribution in [3.63, 3.8) is 0 Å². The summed E-state index contributed by atoms with van der Waals surface area (Å²) in [7, 11) is 0. The molecule has 2 aliphatic rings. The third-order valence-electron chi connectivity index (χ3n) is 5.71. The maximum Gasteiger partial charge on any atom is 0.331 e. The predicted molar refractivity (Wildman–Crippen MR) is 104 cm³/mol. The van der Waals surface area contributed by atoms with E-state index in [0.29, 0.717) is 18.7 Å². The van der Waals surface area contributed by atoms with E-state index in [0.717, 1.165) is 41.5 Å². The first-order valence-corrected chi connectivity index (χ1v) is 9.69. The molecule has 1 aromatic heterocycles. The Labute approximate surface area is 162 Å². The van der Waals surface area contributed by atoms with Gasteiger partial charge < -0.3 is 4.90 Å². The molecule has 1 atom stereocenters. The molecule has 2 aliphatic heterocycles. The highest BCUT2D eigenvalue weighted by atomic mass is 16.2. The Balaban J connectivity index is 1.76. The fourth-order valence-corrected chi connectivity index (χ4v) is 4.38. The summed E-state index contributed by atoms with van der Waals surface area (Å²) in [6.07, 6.45) is 3.89. The third-order valence-corrected chi connectivity index (χ3v) is 5.71. The predicted octanol–water partition coefficient (Wildman–Crippen LogP) is 1.59. The number of amides is 1. The van der Waals surface area contributed by atoms with Crippen LogP contribution >= 0.6 is 0 Å². The Morgan fingerprint density at radius 2 is 2.00 bits per heavy atom. The molecule has 144 valence electrons. The molecule has 0 spiro atoms. The van der Waals surface area contributed by atoms with Crippen molar-refractivity contribution < 1.29 is 4.79 Å². The minimum atomic E-state index is -0.658. The molecule has 0 bridgehead atoms. The van der Waals surface area contributed by atoms with Crippen LogP contribution in [0.15, 0.2) is 33.9 Å². The fraction of sp³-hybridized carbons (Fsp3) is 0.429. The normalized spacial score (nSPS) is 18.1. The summed E-state index contributed by atoms with van der Waals surface area (Å²) >= 11 is 0. The largest absolute Gasteiger partial charge is 0.331 e. The van der Waals surface area contributed by atoms with Gasteiger partial charge in [0.2, 0.25) is 5.91 Å². The van der Waals surface area contributed by atoms with Crippen molar-refractivity contribution in [3.8, 4) is 6.07 Å². The number of nitrogens with zero attached hydrogens (tertiary/aromatic N) is 4. The molecule has 0 N–H and O–H groups in total. The number of aromatic nitrogens is 2. The maximum absolute atomic E-state index is 13.1. The van der Waals surface area contributed by atoms with Crippen molar-refractivity contribution in [3.05, 3.63) is 61.9 Å². The summed E-state index contributed by atoms with van der Waals surface area (Å²) in [6.45, 7) is 2.07. The SMILES string of the molecule is CC1Cc2ccccc2N1C(=O)Cn1c(=O)c(C#N)c2n(c1=O)CCCCC2. The van der Waals surface area contributed by atoms with Crippen LogP contribution in [-0.4, -0.2) is 21.1 Å². The molecule has 0 saturated heterocycles. The second kappa shape index (κ2) is 7.12. The number of fused-ring (bicyclic) bond motifs is 2. The molecule has 0 fully saturated rings. The number of benzene rings is 1. The van der Waals surface area contributed by atoms with E-state index in [9.17, 15) is 19.6 Å². The quantitative estimate of drug-likeness (QED) is 0.794. The van der Waals surface area contributed by atoms with E-state index in [1.54, 1.807) is 4.90 Å². The van der Waals surface area contributed by atoms with Crippen molar-refractivity contribution in [2.24, 2.45) is 0 Å². The number of nitriles is 1. The van der Waals surface area contributed by atoms with E-state index < -0.39 is 11.2 Å². The molecular formula is C21H22N4O3. The molecule has 1 aromatic carbocycles. The van der Waals surface area contributed by atoms with Gasteiger partial charge in [-0.1, -0.05) is 24.6 Å². The van der Waals surface area contributed by atoms with Crippen LogP contribution in [0.3, 0.4) is 0 Å². The Kier molecular flexibility index (Phi) is 4.63. The van der Waals surface area contributed by atoms with Gasteiger partial charge in [-0.25, -0.2) is 9.36 Å². The maximum atomic E-state index is 13.1. The van der Waals surface area contributed by atoms with E-state index in [1.165, 1.54) is 4.57 Å². The lowest BCUT2D eigenvalue weighted by Crippen LogP contribution is -2.47. The van der Waals surface area contributed by atoms with Gasteiger partial charge in [-0.05, 0) is 44.2 Å². The average Bonchev–Trinajstić information content (AvgIpc) is 2.85. The molecule has 2 aromatic rings. The number of carbonyl (C=O) groups is 1. The van der Waals surface area contributed by atoms with Crippen LogP contribution < -0.4 is 16.1 Å². The summed E-state index contributed by atoms with van der Waals surface area (Å²) in [5.74, 6) is -0.310. The van der Waals surface area contributed by atoms with Crippen LogP contribution in [0, 0.1) is 11.3 Å². The molecular weight excluding hydrogens is 356 g/mol. The van der Waals surface area contributed by atoms with Crippen LogP contribution in [0.1, 0.15) is 43.0 Å². The number of para-hydroxylation sites is 1. The lowest BCUT2D eigenvalue weighted by Gasteiger charge is -2.23. The summed E-state index contributed by atoms with van der Waals surface area (Å²) in [4.78, 5) is 40.5.